The van der Waals surface area contributed by atoms with Crippen LogP contribution in [0.4, 0.5) is 0 Å². The van der Waals surface area contributed by atoms with Crippen LogP contribution in [0.5, 0.6) is 0 Å². The SMILES string of the molecule is CC(C)Cc1ccc(C(C)NCc2ccc(C(N)=O)cc2)cc1.Cl. The quantitative estimate of drug-likeness (QED) is 0.787. The van der Waals surface area contributed by atoms with Gasteiger partial charge in [-0.2, -0.15) is 0 Å². The first-order valence-electron chi connectivity index (χ1n) is 8.16. The molecule has 2 aromatic carbocycles. The number of carbonyl (C=O) groups is 1. The molecule has 0 spiro atoms. The van der Waals surface area contributed by atoms with E-state index in [1.54, 1.807) is 12.1 Å². The summed E-state index contributed by atoms with van der Waals surface area (Å²) in [5.41, 5.74) is 9.60. The lowest BCUT2D eigenvalue weighted by atomic mass is 10.00. The van der Waals surface area contributed by atoms with Crippen molar-refractivity contribution in [1.82, 2.24) is 5.32 Å². The van der Waals surface area contributed by atoms with Crippen molar-refractivity contribution < 1.29 is 4.79 Å². The van der Waals surface area contributed by atoms with Crippen LogP contribution in [0.3, 0.4) is 0 Å². The van der Waals surface area contributed by atoms with E-state index in [-0.39, 0.29) is 24.4 Å². The van der Waals surface area contributed by atoms with Gasteiger partial charge in [0.25, 0.3) is 0 Å². The highest BCUT2D eigenvalue weighted by atomic mass is 35.5. The van der Waals surface area contributed by atoms with E-state index in [4.69, 9.17) is 5.73 Å². The minimum absolute atomic E-state index is 0. The second-order valence-electron chi connectivity index (χ2n) is 6.50. The summed E-state index contributed by atoms with van der Waals surface area (Å²) in [7, 11) is 0. The molecule has 0 radical (unpaired) electrons. The maximum Gasteiger partial charge on any atom is 0.248 e. The van der Waals surface area contributed by atoms with E-state index in [1.807, 2.05) is 12.1 Å². The standard InChI is InChI=1S/C20H26N2O.ClH/c1-14(2)12-16-4-8-18(9-5-16)15(3)22-13-17-6-10-19(11-7-17)20(21)23;/h4-11,14-15,22H,12-13H2,1-3H3,(H2,21,23);1H. The minimum Gasteiger partial charge on any atom is -0.366 e. The van der Waals surface area contributed by atoms with E-state index in [0.29, 0.717) is 11.5 Å². The molecule has 1 amide bonds. The Bertz CT molecular complexity index is 636. The van der Waals surface area contributed by atoms with E-state index in [2.05, 4.69) is 50.4 Å². The van der Waals surface area contributed by atoms with Crippen LogP contribution in [-0.2, 0) is 13.0 Å². The highest BCUT2D eigenvalue weighted by Crippen LogP contribution is 2.16. The molecule has 4 heteroatoms. The number of amides is 1. The van der Waals surface area contributed by atoms with Gasteiger partial charge >= 0.3 is 0 Å². The molecular formula is C20H27ClN2O. The van der Waals surface area contributed by atoms with Gasteiger partial charge < -0.3 is 11.1 Å². The molecule has 0 heterocycles. The van der Waals surface area contributed by atoms with Crippen LogP contribution in [0.15, 0.2) is 48.5 Å². The van der Waals surface area contributed by atoms with Crippen molar-refractivity contribution in [1.29, 1.82) is 0 Å². The molecule has 0 aromatic heterocycles. The van der Waals surface area contributed by atoms with E-state index in [0.717, 1.165) is 18.5 Å². The van der Waals surface area contributed by atoms with Gasteiger partial charge in [0.2, 0.25) is 5.91 Å². The number of hydrogen-bond donors (Lipinski definition) is 2. The predicted molar refractivity (Wildman–Crippen MR) is 102 cm³/mol. The van der Waals surface area contributed by atoms with E-state index in [9.17, 15) is 4.79 Å². The lowest BCUT2D eigenvalue weighted by molar-refractivity contribution is 0.100. The minimum atomic E-state index is -0.389. The van der Waals surface area contributed by atoms with E-state index in [1.165, 1.54) is 11.1 Å². The highest BCUT2D eigenvalue weighted by molar-refractivity contribution is 5.92. The summed E-state index contributed by atoms with van der Waals surface area (Å²) in [5, 5.41) is 3.51. The molecule has 24 heavy (non-hydrogen) atoms. The van der Waals surface area contributed by atoms with Crippen molar-refractivity contribution >= 4 is 18.3 Å². The average molecular weight is 347 g/mol. The Morgan fingerprint density at radius 2 is 1.50 bits per heavy atom. The summed E-state index contributed by atoms with van der Waals surface area (Å²) >= 11 is 0. The van der Waals surface area contributed by atoms with Crippen molar-refractivity contribution in [3.63, 3.8) is 0 Å². The fourth-order valence-electron chi connectivity index (χ4n) is 2.59. The molecule has 0 bridgehead atoms. The van der Waals surface area contributed by atoms with Gasteiger partial charge in [-0.1, -0.05) is 50.2 Å². The Morgan fingerprint density at radius 1 is 0.958 bits per heavy atom. The summed E-state index contributed by atoms with van der Waals surface area (Å²) in [6, 6.07) is 16.5. The van der Waals surface area contributed by atoms with Crippen LogP contribution >= 0.6 is 12.4 Å². The van der Waals surface area contributed by atoms with Gasteiger partial charge in [0.1, 0.15) is 0 Å². The second-order valence-corrected chi connectivity index (χ2v) is 6.50. The maximum atomic E-state index is 11.1. The smallest absolute Gasteiger partial charge is 0.248 e. The number of benzene rings is 2. The molecule has 2 rings (SSSR count). The molecule has 0 fully saturated rings. The number of rotatable bonds is 7. The molecule has 3 N–H and O–H groups in total. The molecule has 0 aliphatic heterocycles. The van der Waals surface area contributed by atoms with Gasteiger partial charge in [-0.05, 0) is 48.1 Å². The molecule has 1 atom stereocenters. The van der Waals surface area contributed by atoms with Crippen LogP contribution in [0.2, 0.25) is 0 Å². The fraction of sp³-hybridized carbons (Fsp3) is 0.350. The highest BCUT2D eigenvalue weighted by Gasteiger charge is 2.06. The number of hydrogen-bond acceptors (Lipinski definition) is 2. The molecule has 0 saturated carbocycles. The number of nitrogens with one attached hydrogen (secondary N) is 1. The Hall–Kier alpha value is -1.84. The van der Waals surface area contributed by atoms with Crippen molar-refractivity contribution in [2.45, 2.75) is 39.8 Å². The Labute approximate surface area is 151 Å². The zero-order valence-corrected chi connectivity index (χ0v) is 15.4. The summed E-state index contributed by atoms with van der Waals surface area (Å²) < 4.78 is 0. The van der Waals surface area contributed by atoms with Crippen LogP contribution in [0.1, 0.15) is 53.9 Å². The molecular weight excluding hydrogens is 320 g/mol. The zero-order chi connectivity index (χ0) is 16.8. The lowest BCUT2D eigenvalue weighted by Crippen LogP contribution is -2.18. The number of halogens is 1. The normalized spacial score (nSPS) is 11.8. The van der Waals surface area contributed by atoms with Gasteiger partial charge in [0.15, 0.2) is 0 Å². The van der Waals surface area contributed by atoms with Crippen molar-refractivity contribution in [3.05, 3.63) is 70.8 Å². The van der Waals surface area contributed by atoms with Gasteiger partial charge in [0.05, 0.1) is 0 Å². The molecule has 3 nitrogen and oxygen atoms in total. The number of nitrogens with two attached hydrogens (primary N) is 1. The van der Waals surface area contributed by atoms with Crippen LogP contribution in [-0.4, -0.2) is 5.91 Å². The van der Waals surface area contributed by atoms with Gasteiger partial charge in [0, 0.05) is 18.2 Å². The predicted octanol–water partition coefficient (Wildman–Crippen LogP) is 4.26. The van der Waals surface area contributed by atoms with E-state index >= 15 is 0 Å². The van der Waals surface area contributed by atoms with Crippen molar-refractivity contribution in [2.75, 3.05) is 0 Å². The first kappa shape index (κ1) is 20.2. The topological polar surface area (TPSA) is 55.1 Å². The Kier molecular flexibility index (Phi) is 7.96. The summed E-state index contributed by atoms with van der Waals surface area (Å²) in [6.45, 7) is 7.40. The number of primary amides is 1. The zero-order valence-electron chi connectivity index (χ0n) is 14.6. The Balaban J connectivity index is 0.00000288. The molecule has 0 aliphatic rings. The average Bonchev–Trinajstić information content (AvgIpc) is 2.53. The molecule has 0 saturated heterocycles. The summed E-state index contributed by atoms with van der Waals surface area (Å²) in [6.07, 6.45) is 1.12. The van der Waals surface area contributed by atoms with Crippen molar-refractivity contribution in [3.8, 4) is 0 Å². The first-order valence-corrected chi connectivity index (χ1v) is 8.16. The monoisotopic (exact) mass is 346 g/mol. The second kappa shape index (κ2) is 9.45. The van der Waals surface area contributed by atoms with E-state index < -0.39 is 0 Å². The summed E-state index contributed by atoms with van der Waals surface area (Å²) in [4.78, 5) is 11.1. The third-order valence-electron chi connectivity index (χ3n) is 3.97. The molecule has 2 aromatic rings. The first-order chi connectivity index (χ1) is 11.0. The maximum absolute atomic E-state index is 11.1. The third kappa shape index (κ3) is 5.99. The lowest BCUT2D eigenvalue weighted by Gasteiger charge is -2.15. The molecule has 130 valence electrons. The molecule has 1 unspecified atom stereocenters. The number of carbonyl (C=O) groups excluding carboxylic acids is 1. The van der Waals surface area contributed by atoms with Crippen LogP contribution in [0, 0.1) is 5.92 Å². The molecule has 0 aliphatic carbocycles. The largest absolute Gasteiger partial charge is 0.366 e. The van der Waals surface area contributed by atoms with Crippen LogP contribution in [0.25, 0.3) is 0 Å². The van der Waals surface area contributed by atoms with Gasteiger partial charge in [-0.15, -0.1) is 12.4 Å². The van der Waals surface area contributed by atoms with Crippen LogP contribution < -0.4 is 11.1 Å². The van der Waals surface area contributed by atoms with Gasteiger partial charge in [-0.25, -0.2) is 0 Å². The Morgan fingerprint density at radius 3 is 2.00 bits per heavy atom. The summed E-state index contributed by atoms with van der Waals surface area (Å²) in [5.74, 6) is 0.291. The van der Waals surface area contributed by atoms with Crippen molar-refractivity contribution in [2.24, 2.45) is 11.7 Å². The fourth-order valence-corrected chi connectivity index (χ4v) is 2.59. The van der Waals surface area contributed by atoms with Gasteiger partial charge in [-0.3, -0.25) is 4.79 Å². The third-order valence-corrected chi connectivity index (χ3v) is 3.97.